The fraction of sp³-hybridized carbons (Fsp3) is 0.333. The first-order valence-electron chi connectivity index (χ1n) is 9.22. The van der Waals surface area contributed by atoms with Crippen LogP contribution in [-0.4, -0.2) is 11.2 Å². The van der Waals surface area contributed by atoms with Crippen LogP contribution in [-0.2, 0) is 6.61 Å². The molecule has 3 N–H and O–H groups in total. The summed E-state index contributed by atoms with van der Waals surface area (Å²) in [6, 6.07) is 10.5. The van der Waals surface area contributed by atoms with Gasteiger partial charge in [-0.1, -0.05) is 12.1 Å². The summed E-state index contributed by atoms with van der Waals surface area (Å²) in [7, 11) is 0. The molecule has 7 nitrogen and oxygen atoms in total. The molecule has 28 heavy (non-hydrogen) atoms. The van der Waals surface area contributed by atoms with E-state index in [2.05, 4.69) is 0 Å². The van der Waals surface area contributed by atoms with Crippen molar-refractivity contribution in [3.05, 3.63) is 69.1 Å². The lowest BCUT2D eigenvalue weighted by molar-refractivity contribution is 0.210. The summed E-state index contributed by atoms with van der Waals surface area (Å²) in [4.78, 5) is 12.3. The number of fused-ring (bicyclic) bond motifs is 1. The molecule has 7 heteroatoms. The van der Waals surface area contributed by atoms with E-state index in [9.17, 15) is 15.2 Å². The second-order valence-electron chi connectivity index (χ2n) is 6.95. The Labute approximate surface area is 161 Å². The number of allylic oxidation sites excluding steroid dienone is 1. The van der Waals surface area contributed by atoms with Gasteiger partial charge in [0.05, 0.1) is 12.0 Å². The molecule has 0 amide bonds. The molecule has 1 aromatic carbocycles. The van der Waals surface area contributed by atoms with Crippen LogP contribution in [0.1, 0.15) is 48.7 Å². The van der Waals surface area contributed by atoms with Crippen LogP contribution in [0.25, 0.3) is 0 Å². The SMILES string of the molecule is N#CC1=C(N)Oc2c(oc(CO)cc2=O)[C@@H]1c1ccc(OC2CCCC2)cc1. The number of nitrogens with two attached hydrogens (primary N) is 1. The van der Waals surface area contributed by atoms with Crippen molar-refractivity contribution in [2.75, 3.05) is 0 Å². The van der Waals surface area contributed by atoms with Gasteiger partial charge in [0.2, 0.25) is 17.1 Å². The average Bonchev–Trinajstić information content (AvgIpc) is 3.21. The molecule has 0 bridgehead atoms. The molecule has 0 spiro atoms. The van der Waals surface area contributed by atoms with Gasteiger partial charge in [-0.15, -0.1) is 0 Å². The highest BCUT2D eigenvalue weighted by molar-refractivity contribution is 5.52. The van der Waals surface area contributed by atoms with E-state index < -0.39 is 18.0 Å². The normalized spacial score (nSPS) is 19.1. The average molecular weight is 380 g/mol. The van der Waals surface area contributed by atoms with Crippen molar-refractivity contribution >= 4 is 0 Å². The molecule has 0 saturated heterocycles. The van der Waals surface area contributed by atoms with Crippen LogP contribution in [0.4, 0.5) is 0 Å². The zero-order valence-corrected chi connectivity index (χ0v) is 15.2. The molecule has 144 valence electrons. The first-order chi connectivity index (χ1) is 13.6. The molecule has 2 aliphatic rings. The van der Waals surface area contributed by atoms with Crippen molar-refractivity contribution in [1.29, 1.82) is 5.26 Å². The van der Waals surface area contributed by atoms with E-state index in [-0.39, 0.29) is 34.8 Å². The predicted molar refractivity (Wildman–Crippen MR) is 99.5 cm³/mol. The number of aliphatic hydroxyl groups excluding tert-OH is 1. The van der Waals surface area contributed by atoms with Gasteiger partial charge in [-0.05, 0) is 43.4 Å². The molecule has 1 atom stereocenters. The lowest BCUT2D eigenvalue weighted by atomic mass is 9.87. The van der Waals surface area contributed by atoms with E-state index in [4.69, 9.17) is 19.6 Å². The molecule has 2 heterocycles. The number of hydrogen-bond donors (Lipinski definition) is 2. The van der Waals surface area contributed by atoms with Gasteiger partial charge in [-0.2, -0.15) is 5.26 Å². The minimum absolute atomic E-state index is 0.0648. The second kappa shape index (κ2) is 7.41. The summed E-state index contributed by atoms with van der Waals surface area (Å²) in [5.41, 5.74) is 6.29. The highest BCUT2D eigenvalue weighted by Crippen LogP contribution is 2.41. The van der Waals surface area contributed by atoms with Gasteiger partial charge in [0.15, 0.2) is 5.76 Å². The molecular formula is C21H20N2O5. The van der Waals surface area contributed by atoms with Crippen LogP contribution in [0, 0.1) is 11.3 Å². The van der Waals surface area contributed by atoms with Gasteiger partial charge in [0, 0.05) is 6.07 Å². The first-order valence-corrected chi connectivity index (χ1v) is 9.22. The highest BCUT2D eigenvalue weighted by atomic mass is 16.5. The zero-order valence-electron chi connectivity index (χ0n) is 15.2. The number of rotatable bonds is 4. The van der Waals surface area contributed by atoms with E-state index in [0.29, 0.717) is 5.56 Å². The Morgan fingerprint density at radius 1 is 1.25 bits per heavy atom. The van der Waals surface area contributed by atoms with E-state index in [1.54, 1.807) is 0 Å². The number of nitriles is 1. The third-order valence-corrected chi connectivity index (χ3v) is 5.10. The predicted octanol–water partition coefficient (Wildman–Crippen LogP) is 2.67. The van der Waals surface area contributed by atoms with Crippen LogP contribution in [0.3, 0.4) is 0 Å². The van der Waals surface area contributed by atoms with E-state index in [0.717, 1.165) is 24.7 Å². The maximum Gasteiger partial charge on any atom is 0.228 e. The Morgan fingerprint density at radius 2 is 1.96 bits per heavy atom. The third-order valence-electron chi connectivity index (χ3n) is 5.10. The van der Waals surface area contributed by atoms with Crippen molar-refractivity contribution in [3.63, 3.8) is 0 Å². The highest BCUT2D eigenvalue weighted by Gasteiger charge is 2.35. The maximum atomic E-state index is 12.3. The molecule has 1 saturated carbocycles. The van der Waals surface area contributed by atoms with Crippen LogP contribution in [0.2, 0.25) is 0 Å². The van der Waals surface area contributed by atoms with Crippen molar-refractivity contribution in [2.45, 2.75) is 44.3 Å². The van der Waals surface area contributed by atoms with E-state index in [1.807, 2.05) is 30.3 Å². The largest absolute Gasteiger partial charge is 0.490 e. The van der Waals surface area contributed by atoms with Crippen molar-refractivity contribution < 1.29 is 19.0 Å². The first kappa shape index (κ1) is 18.1. The van der Waals surface area contributed by atoms with Crippen molar-refractivity contribution in [1.82, 2.24) is 0 Å². The Bertz CT molecular complexity index is 1010. The van der Waals surface area contributed by atoms with Crippen LogP contribution in [0.5, 0.6) is 11.5 Å². The Kier molecular flexibility index (Phi) is 4.80. The van der Waals surface area contributed by atoms with Crippen LogP contribution >= 0.6 is 0 Å². The zero-order chi connectivity index (χ0) is 19.7. The standard InChI is InChI=1S/C21H20N2O5/c22-10-16-18(12-5-7-14(8-6-12)26-13-3-1-2-4-13)20-19(28-21(16)23)17(25)9-15(11-24)27-20/h5-9,13,18,24H,1-4,11,23H2/t18-/m1/s1. The summed E-state index contributed by atoms with van der Waals surface area (Å²) in [6.45, 7) is -0.440. The van der Waals surface area contributed by atoms with Crippen LogP contribution in [0.15, 0.2) is 51.0 Å². The topological polar surface area (TPSA) is 119 Å². The number of nitrogens with zero attached hydrogens (tertiary/aromatic N) is 1. The molecule has 0 unspecified atom stereocenters. The van der Waals surface area contributed by atoms with E-state index >= 15 is 0 Å². The van der Waals surface area contributed by atoms with Gasteiger partial charge in [0.1, 0.15) is 29.8 Å². The summed E-state index contributed by atoms with van der Waals surface area (Å²) in [6.07, 6.45) is 4.72. The Morgan fingerprint density at radius 3 is 2.61 bits per heavy atom. The summed E-state index contributed by atoms with van der Waals surface area (Å²) >= 11 is 0. The molecule has 1 aromatic heterocycles. The molecular weight excluding hydrogens is 360 g/mol. The Hall–Kier alpha value is -3.24. The molecule has 4 rings (SSSR count). The smallest absolute Gasteiger partial charge is 0.228 e. The molecule has 1 aliphatic carbocycles. The van der Waals surface area contributed by atoms with Gasteiger partial charge in [-0.25, -0.2) is 0 Å². The molecule has 1 fully saturated rings. The minimum atomic E-state index is -0.700. The lowest BCUT2D eigenvalue weighted by Gasteiger charge is -2.25. The van der Waals surface area contributed by atoms with E-state index in [1.165, 1.54) is 12.8 Å². The fourth-order valence-electron chi connectivity index (χ4n) is 3.73. The summed E-state index contributed by atoms with van der Waals surface area (Å²) < 4.78 is 17.0. The monoisotopic (exact) mass is 380 g/mol. The fourth-order valence-corrected chi connectivity index (χ4v) is 3.73. The van der Waals surface area contributed by atoms with Gasteiger partial charge in [0.25, 0.3) is 0 Å². The molecule has 2 aromatic rings. The van der Waals surface area contributed by atoms with Crippen molar-refractivity contribution in [3.8, 4) is 17.6 Å². The summed E-state index contributed by atoms with van der Waals surface area (Å²) in [5.74, 6) is 0.112. The maximum absolute atomic E-state index is 12.3. The van der Waals surface area contributed by atoms with Gasteiger partial charge < -0.3 is 24.7 Å². The Balaban J connectivity index is 1.74. The summed E-state index contributed by atoms with van der Waals surface area (Å²) in [5, 5.41) is 19.0. The lowest BCUT2D eigenvalue weighted by Crippen LogP contribution is -2.25. The van der Waals surface area contributed by atoms with Crippen molar-refractivity contribution in [2.24, 2.45) is 5.73 Å². The van der Waals surface area contributed by atoms with Gasteiger partial charge in [-0.3, -0.25) is 4.79 Å². The minimum Gasteiger partial charge on any atom is -0.490 e. The second-order valence-corrected chi connectivity index (χ2v) is 6.95. The molecule has 1 aliphatic heterocycles. The number of hydrogen-bond acceptors (Lipinski definition) is 7. The third kappa shape index (κ3) is 3.23. The quantitative estimate of drug-likeness (QED) is 0.837. The van der Waals surface area contributed by atoms with Crippen LogP contribution < -0.4 is 20.6 Å². The number of benzene rings is 1. The molecule has 0 radical (unpaired) electrons. The number of ether oxygens (including phenoxy) is 2. The number of aliphatic hydroxyl groups is 1. The van der Waals surface area contributed by atoms with Gasteiger partial charge >= 0.3 is 0 Å².